The molecule has 1 heterocycles. The Morgan fingerprint density at radius 3 is 2.66 bits per heavy atom. The van der Waals surface area contributed by atoms with Gasteiger partial charge in [0.25, 0.3) is 0 Å². The topological polar surface area (TPSA) is 105 Å². The first-order valence-corrected chi connectivity index (χ1v) is 9.72. The number of unbranched alkanes of at least 4 members (excludes halogenated alkanes) is 1. The molecule has 1 aliphatic heterocycles. The van der Waals surface area contributed by atoms with Crippen LogP contribution in [0.1, 0.15) is 48.2 Å². The van der Waals surface area contributed by atoms with Crippen molar-refractivity contribution in [2.24, 2.45) is 0 Å². The predicted molar refractivity (Wildman–Crippen MR) is 106 cm³/mol. The van der Waals surface area contributed by atoms with E-state index >= 15 is 0 Å². The first kappa shape index (κ1) is 21.0. The fourth-order valence-corrected chi connectivity index (χ4v) is 3.10. The van der Waals surface area contributed by atoms with E-state index in [-0.39, 0.29) is 48.2 Å². The highest BCUT2D eigenvalue weighted by Gasteiger charge is 2.30. The number of rotatable bonds is 9. The van der Waals surface area contributed by atoms with Gasteiger partial charge in [0.05, 0.1) is 13.0 Å². The molecule has 2 aromatic rings. The molecule has 2 atom stereocenters. The van der Waals surface area contributed by atoms with Crippen molar-refractivity contribution in [2.75, 3.05) is 19.8 Å². The number of aromatic hydroxyl groups is 2. The Hall–Kier alpha value is -2.77. The van der Waals surface area contributed by atoms with Crippen LogP contribution in [0, 0.1) is 0 Å². The van der Waals surface area contributed by atoms with Crippen molar-refractivity contribution in [2.45, 2.75) is 38.4 Å². The molecule has 0 aliphatic carbocycles. The van der Waals surface area contributed by atoms with Crippen molar-refractivity contribution in [1.29, 1.82) is 0 Å². The Morgan fingerprint density at radius 2 is 1.93 bits per heavy atom. The third kappa shape index (κ3) is 5.40. The lowest BCUT2D eigenvalue weighted by atomic mass is 9.95. The highest BCUT2D eigenvalue weighted by atomic mass is 16.5. The van der Waals surface area contributed by atoms with E-state index in [1.54, 1.807) is 24.3 Å². The Labute approximate surface area is 169 Å². The van der Waals surface area contributed by atoms with Gasteiger partial charge in [0.15, 0.2) is 5.78 Å². The quantitative estimate of drug-likeness (QED) is 0.552. The van der Waals surface area contributed by atoms with E-state index in [1.165, 1.54) is 6.07 Å². The van der Waals surface area contributed by atoms with Crippen molar-refractivity contribution >= 4 is 5.78 Å². The number of ketones is 1. The zero-order chi connectivity index (χ0) is 20.8. The summed E-state index contributed by atoms with van der Waals surface area (Å²) in [6.45, 7) is 3.05. The molecule has 0 radical (unpaired) electrons. The smallest absolute Gasteiger partial charge is 0.174 e. The van der Waals surface area contributed by atoms with Gasteiger partial charge in [0, 0.05) is 18.7 Å². The van der Waals surface area contributed by atoms with E-state index in [9.17, 15) is 20.1 Å². The minimum absolute atomic E-state index is 0.0827. The second kappa shape index (κ2) is 9.62. The third-order valence-electron chi connectivity index (χ3n) is 4.63. The van der Waals surface area contributed by atoms with Crippen LogP contribution in [-0.2, 0) is 4.74 Å². The number of benzene rings is 2. The van der Waals surface area contributed by atoms with Gasteiger partial charge >= 0.3 is 0 Å². The molecule has 0 amide bonds. The number of carbonyl (C=O) groups is 1. The first-order chi connectivity index (χ1) is 14.0. The molecular formula is C22H26O7. The summed E-state index contributed by atoms with van der Waals surface area (Å²) >= 11 is 0. The van der Waals surface area contributed by atoms with Crippen LogP contribution in [-0.4, -0.2) is 47.0 Å². The summed E-state index contributed by atoms with van der Waals surface area (Å²) in [6.07, 6.45) is 0.859. The summed E-state index contributed by atoms with van der Waals surface area (Å²) in [5.74, 6) is 0.0369. The standard InChI is InChI=1S/C22H26O7/c1-2-3-8-27-12-16(24)13-28-17-6-4-14(5-7-17)20-11-19(26)22-18(25)9-15(23)10-21(22)29-20/h4-7,9-10,16,20,23-25H,2-3,8,11-13H2,1H3. The number of hydrogen-bond acceptors (Lipinski definition) is 7. The molecule has 2 aromatic carbocycles. The number of fused-ring (bicyclic) bond motifs is 1. The number of aliphatic hydroxyl groups excluding tert-OH is 1. The van der Waals surface area contributed by atoms with Gasteiger partial charge < -0.3 is 29.5 Å². The van der Waals surface area contributed by atoms with Crippen LogP contribution in [0.3, 0.4) is 0 Å². The van der Waals surface area contributed by atoms with Crippen LogP contribution in [0.4, 0.5) is 0 Å². The molecule has 3 rings (SSSR count). The molecule has 0 fully saturated rings. The van der Waals surface area contributed by atoms with Crippen molar-refractivity contribution in [3.63, 3.8) is 0 Å². The maximum atomic E-state index is 12.4. The molecule has 7 nitrogen and oxygen atoms in total. The van der Waals surface area contributed by atoms with Crippen LogP contribution >= 0.6 is 0 Å². The lowest BCUT2D eigenvalue weighted by molar-refractivity contribution is 0.0113. The monoisotopic (exact) mass is 402 g/mol. The van der Waals surface area contributed by atoms with Crippen molar-refractivity contribution < 1.29 is 34.3 Å². The van der Waals surface area contributed by atoms with Gasteiger partial charge in [0.1, 0.15) is 47.4 Å². The number of Topliss-reactive ketones (excluding diaryl/α,β-unsaturated/α-hetero) is 1. The minimum Gasteiger partial charge on any atom is -0.508 e. The molecule has 0 aromatic heterocycles. The van der Waals surface area contributed by atoms with E-state index in [4.69, 9.17) is 14.2 Å². The van der Waals surface area contributed by atoms with E-state index in [2.05, 4.69) is 6.92 Å². The predicted octanol–water partition coefficient (Wildman–Crippen LogP) is 3.36. The summed E-state index contributed by atoms with van der Waals surface area (Å²) < 4.78 is 16.8. The zero-order valence-corrected chi connectivity index (χ0v) is 16.3. The summed E-state index contributed by atoms with van der Waals surface area (Å²) in [7, 11) is 0. The number of phenols is 2. The van der Waals surface area contributed by atoms with Crippen LogP contribution in [0.5, 0.6) is 23.0 Å². The number of aliphatic hydroxyl groups is 1. The van der Waals surface area contributed by atoms with Crippen molar-refractivity contribution in [3.8, 4) is 23.0 Å². The second-order valence-corrected chi connectivity index (χ2v) is 7.03. The average Bonchev–Trinajstić information content (AvgIpc) is 2.69. The molecular weight excluding hydrogens is 376 g/mol. The molecule has 7 heteroatoms. The first-order valence-electron chi connectivity index (χ1n) is 9.72. The molecule has 2 unspecified atom stereocenters. The fourth-order valence-electron chi connectivity index (χ4n) is 3.10. The maximum Gasteiger partial charge on any atom is 0.174 e. The van der Waals surface area contributed by atoms with E-state index in [0.29, 0.717) is 12.4 Å². The molecule has 1 aliphatic rings. The largest absolute Gasteiger partial charge is 0.508 e. The lowest BCUT2D eigenvalue weighted by Crippen LogP contribution is -2.23. The van der Waals surface area contributed by atoms with Gasteiger partial charge in [-0.2, -0.15) is 0 Å². The number of ether oxygens (including phenoxy) is 3. The molecule has 0 bridgehead atoms. The van der Waals surface area contributed by atoms with E-state index < -0.39 is 12.2 Å². The van der Waals surface area contributed by atoms with Crippen LogP contribution in [0.2, 0.25) is 0 Å². The normalized spacial score (nSPS) is 16.8. The van der Waals surface area contributed by atoms with Crippen LogP contribution < -0.4 is 9.47 Å². The SMILES string of the molecule is CCCCOCC(O)COc1ccc(C2CC(=O)c3c(O)cc(O)cc3O2)cc1. The molecule has 0 saturated carbocycles. The Kier molecular flexibility index (Phi) is 6.95. The van der Waals surface area contributed by atoms with Gasteiger partial charge in [-0.1, -0.05) is 25.5 Å². The molecule has 3 N–H and O–H groups in total. The second-order valence-electron chi connectivity index (χ2n) is 7.03. The summed E-state index contributed by atoms with van der Waals surface area (Å²) in [5.41, 5.74) is 0.858. The molecule has 29 heavy (non-hydrogen) atoms. The van der Waals surface area contributed by atoms with Gasteiger partial charge in [-0.15, -0.1) is 0 Å². The molecule has 156 valence electrons. The number of carbonyl (C=O) groups excluding carboxylic acids is 1. The summed E-state index contributed by atoms with van der Waals surface area (Å²) in [4.78, 5) is 12.4. The van der Waals surface area contributed by atoms with E-state index in [1.807, 2.05) is 0 Å². The van der Waals surface area contributed by atoms with Gasteiger partial charge in [-0.3, -0.25) is 4.79 Å². The van der Waals surface area contributed by atoms with Crippen LogP contribution in [0.15, 0.2) is 36.4 Å². The van der Waals surface area contributed by atoms with Gasteiger partial charge in [-0.25, -0.2) is 0 Å². The summed E-state index contributed by atoms with van der Waals surface area (Å²) in [5, 5.41) is 29.4. The highest BCUT2D eigenvalue weighted by Crippen LogP contribution is 2.41. The average molecular weight is 402 g/mol. The Morgan fingerprint density at radius 1 is 1.17 bits per heavy atom. The molecule has 0 saturated heterocycles. The minimum atomic E-state index is -0.706. The van der Waals surface area contributed by atoms with Crippen LogP contribution in [0.25, 0.3) is 0 Å². The van der Waals surface area contributed by atoms with Crippen molar-refractivity contribution in [1.82, 2.24) is 0 Å². The fraction of sp³-hybridized carbons (Fsp3) is 0.409. The third-order valence-corrected chi connectivity index (χ3v) is 4.63. The summed E-state index contributed by atoms with van der Waals surface area (Å²) in [6, 6.07) is 9.49. The number of hydrogen-bond donors (Lipinski definition) is 3. The number of phenolic OH excluding ortho intramolecular Hbond substituents is 2. The van der Waals surface area contributed by atoms with Crippen molar-refractivity contribution in [3.05, 3.63) is 47.5 Å². The lowest BCUT2D eigenvalue weighted by Gasteiger charge is -2.26. The maximum absolute atomic E-state index is 12.4. The van der Waals surface area contributed by atoms with Gasteiger partial charge in [0.2, 0.25) is 0 Å². The highest BCUT2D eigenvalue weighted by molar-refractivity contribution is 6.02. The Bertz CT molecular complexity index is 832. The molecule has 0 spiro atoms. The Balaban J connectivity index is 1.57. The van der Waals surface area contributed by atoms with E-state index in [0.717, 1.165) is 24.5 Å². The van der Waals surface area contributed by atoms with Gasteiger partial charge in [-0.05, 0) is 24.1 Å². The zero-order valence-electron chi connectivity index (χ0n) is 16.3.